The highest BCUT2D eigenvalue weighted by molar-refractivity contribution is 5.84. The van der Waals surface area contributed by atoms with Crippen molar-refractivity contribution in [1.82, 2.24) is 14.9 Å². The Morgan fingerprint density at radius 3 is 2.94 bits per heavy atom. The van der Waals surface area contributed by atoms with E-state index in [1.165, 1.54) is 12.8 Å². The minimum atomic E-state index is 0.209. The number of nitrogens with one attached hydrogen (secondary N) is 1. The molecule has 2 aromatic rings. The van der Waals surface area contributed by atoms with Crippen molar-refractivity contribution in [3.63, 3.8) is 0 Å². The van der Waals surface area contributed by atoms with Gasteiger partial charge in [-0.1, -0.05) is 12.1 Å². The van der Waals surface area contributed by atoms with Crippen LogP contribution in [-0.4, -0.2) is 27.9 Å². The number of para-hydroxylation sites is 2. The fourth-order valence-corrected chi connectivity index (χ4v) is 2.14. The van der Waals surface area contributed by atoms with E-state index >= 15 is 0 Å². The summed E-state index contributed by atoms with van der Waals surface area (Å²) in [4.78, 5) is 16.4. The molecule has 4 heteroatoms. The van der Waals surface area contributed by atoms with Crippen LogP contribution in [0.1, 0.15) is 18.7 Å². The fourth-order valence-electron chi connectivity index (χ4n) is 2.14. The number of Topliss-reactive ketones (excluding diaryl/α,β-unsaturated/α-hetero) is 1. The first-order chi connectivity index (χ1) is 8.74. The standard InChI is InChI=1S/C14H17N3O/c1-17-13-5-3-2-4-12(13)16-14(17)8-11(18)9-15-10-6-7-10/h2-5,10,15H,6-9H2,1H3. The number of hydrogen-bond donors (Lipinski definition) is 1. The molecule has 0 aliphatic heterocycles. The molecule has 0 amide bonds. The topological polar surface area (TPSA) is 46.9 Å². The van der Waals surface area contributed by atoms with Gasteiger partial charge in [-0.3, -0.25) is 4.79 Å². The first-order valence-electron chi connectivity index (χ1n) is 6.39. The highest BCUT2D eigenvalue weighted by Gasteiger charge is 2.21. The first kappa shape index (κ1) is 11.4. The van der Waals surface area contributed by atoms with Crippen LogP contribution in [0.15, 0.2) is 24.3 Å². The van der Waals surface area contributed by atoms with Crippen LogP contribution in [0.4, 0.5) is 0 Å². The van der Waals surface area contributed by atoms with Crippen LogP contribution in [0.5, 0.6) is 0 Å². The molecule has 0 radical (unpaired) electrons. The summed E-state index contributed by atoms with van der Waals surface area (Å²) in [6, 6.07) is 8.54. The summed E-state index contributed by atoms with van der Waals surface area (Å²) in [5.74, 6) is 1.05. The second kappa shape index (κ2) is 4.53. The Bertz CT molecular complexity index is 584. The second-order valence-electron chi connectivity index (χ2n) is 4.95. The number of imidazole rings is 1. The molecule has 18 heavy (non-hydrogen) atoms. The lowest BCUT2D eigenvalue weighted by atomic mass is 10.2. The molecular weight excluding hydrogens is 226 g/mol. The van der Waals surface area contributed by atoms with Crippen LogP contribution < -0.4 is 5.32 Å². The van der Waals surface area contributed by atoms with Gasteiger partial charge in [-0.2, -0.15) is 0 Å². The Kier molecular flexibility index (Phi) is 2.88. The number of carbonyl (C=O) groups excluding carboxylic acids is 1. The Labute approximate surface area is 106 Å². The van der Waals surface area contributed by atoms with E-state index < -0.39 is 0 Å². The number of aromatic nitrogens is 2. The van der Waals surface area contributed by atoms with E-state index in [4.69, 9.17) is 0 Å². The van der Waals surface area contributed by atoms with Gasteiger partial charge in [0.25, 0.3) is 0 Å². The zero-order valence-electron chi connectivity index (χ0n) is 10.5. The van der Waals surface area contributed by atoms with Crippen molar-refractivity contribution in [3.05, 3.63) is 30.1 Å². The third kappa shape index (κ3) is 2.29. The van der Waals surface area contributed by atoms with Gasteiger partial charge in [-0.25, -0.2) is 4.98 Å². The van der Waals surface area contributed by atoms with E-state index in [0.29, 0.717) is 19.0 Å². The Morgan fingerprint density at radius 2 is 2.22 bits per heavy atom. The van der Waals surface area contributed by atoms with Crippen LogP contribution in [0.25, 0.3) is 11.0 Å². The van der Waals surface area contributed by atoms with Crippen molar-refractivity contribution in [2.75, 3.05) is 6.54 Å². The molecule has 0 bridgehead atoms. The number of nitrogens with zero attached hydrogens (tertiary/aromatic N) is 2. The van der Waals surface area contributed by atoms with Gasteiger partial charge in [0.15, 0.2) is 5.78 Å². The molecule has 1 aliphatic rings. The largest absolute Gasteiger partial charge is 0.331 e. The predicted molar refractivity (Wildman–Crippen MR) is 70.4 cm³/mol. The Morgan fingerprint density at radius 1 is 1.44 bits per heavy atom. The van der Waals surface area contributed by atoms with E-state index in [9.17, 15) is 4.79 Å². The summed E-state index contributed by atoms with van der Waals surface area (Å²) in [6.07, 6.45) is 2.82. The highest BCUT2D eigenvalue weighted by Crippen LogP contribution is 2.18. The minimum Gasteiger partial charge on any atom is -0.331 e. The van der Waals surface area contributed by atoms with E-state index in [1.807, 2.05) is 35.9 Å². The summed E-state index contributed by atoms with van der Waals surface area (Å²) in [5.41, 5.74) is 2.04. The number of hydrogen-bond acceptors (Lipinski definition) is 3. The summed E-state index contributed by atoms with van der Waals surface area (Å²) < 4.78 is 2.00. The highest BCUT2D eigenvalue weighted by atomic mass is 16.1. The molecule has 4 nitrogen and oxygen atoms in total. The van der Waals surface area contributed by atoms with Gasteiger partial charge in [0.05, 0.1) is 24.0 Å². The van der Waals surface area contributed by atoms with Gasteiger partial charge >= 0.3 is 0 Å². The van der Waals surface area contributed by atoms with E-state index in [-0.39, 0.29) is 5.78 Å². The van der Waals surface area contributed by atoms with E-state index in [2.05, 4.69) is 10.3 Å². The molecule has 0 spiro atoms. The number of fused-ring (bicyclic) bond motifs is 1. The van der Waals surface area contributed by atoms with Crippen LogP contribution in [-0.2, 0) is 18.3 Å². The molecule has 0 saturated heterocycles. The number of aryl methyl sites for hydroxylation is 1. The maximum absolute atomic E-state index is 11.9. The van der Waals surface area contributed by atoms with Crippen LogP contribution in [0, 0.1) is 0 Å². The maximum atomic E-state index is 11.9. The molecule has 1 fully saturated rings. The number of ketones is 1. The maximum Gasteiger partial charge on any atom is 0.154 e. The monoisotopic (exact) mass is 243 g/mol. The van der Waals surface area contributed by atoms with Crippen LogP contribution in [0.3, 0.4) is 0 Å². The van der Waals surface area contributed by atoms with Crippen molar-refractivity contribution in [3.8, 4) is 0 Å². The minimum absolute atomic E-state index is 0.209. The van der Waals surface area contributed by atoms with Crippen molar-refractivity contribution in [2.45, 2.75) is 25.3 Å². The van der Waals surface area contributed by atoms with Crippen molar-refractivity contribution in [2.24, 2.45) is 7.05 Å². The van der Waals surface area contributed by atoms with Gasteiger partial charge in [-0.15, -0.1) is 0 Å². The summed E-state index contributed by atoms with van der Waals surface area (Å²) >= 11 is 0. The molecule has 1 heterocycles. The lowest BCUT2D eigenvalue weighted by Gasteiger charge is -2.03. The van der Waals surface area contributed by atoms with E-state index in [1.54, 1.807) is 0 Å². The molecule has 1 aliphatic carbocycles. The SMILES string of the molecule is Cn1c(CC(=O)CNC2CC2)nc2ccccc21. The fraction of sp³-hybridized carbons (Fsp3) is 0.429. The lowest BCUT2D eigenvalue weighted by molar-refractivity contribution is -0.117. The number of carbonyl (C=O) groups is 1. The molecule has 0 atom stereocenters. The molecular formula is C14H17N3O. The Hall–Kier alpha value is -1.68. The van der Waals surface area contributed by atoms with Gasteiger partial charge < -0.3 is 9.88 Å². The Balaban J connectivity index is 1.73. The quantitative estimate of drug-likeness (QED) is 0.864. The van der Waals surface area contributed by atoms with Crippen molar-refractivity contribution in [1.29, 1.82) is 0 Å². The van der Waals surface area contributed by atoms with Crippen LogP contribution >= 0.6 is 0 Å². The molecule has 1 aromatic carbocycles. The first-order valence-corrected chi connectivity index (χ1v) is 6.39. The van der Waals surface area contributed by atoms with Gasteiger partial charge in [0.1, 0.15) is 5.82 Å². The molecule has 3 rings (SSSR count). The normalized spacial score (nSPS) is 15.2. The predicted octanol–water partition coefficient (Wildman–Crippen LogP) is 1.44. The zero-order chi connectivity index (χ0) is 12.5. The van der Waals surface area contributed by atoms with Gasteiger partial charge in [0.2, 0.25) is 0 Å². The third-order valence-electron chi connectivity index (χ3n) is 3.40. The third-order valence-corrected chi connectivity index (χ3v) is 3.40. The molecule has 1 N–H and O–H groups in total. The lowest BCUT2D eigenvalue weighted by Crippen LogP contribution is -2.26. The summed E-state index contributed by atoms with van der Waals surface area (Å²) in [5, 5.41) is 3.24. The average molecular weight is 243 g/mol. The number of rotatable bonds is 5. The summed E-state index contributed by atoms with van der Waals surface area (Å²) in [7, 11) is 1.96. The molecule has 1 aromatic heterocycles. The van der Waals surface area contributed by atoms with E-state index in [0.717, 1.165) is 16.9 Å². The average Bonchev–Trinajstić information content (AvgIpc) is 3.15. The van der Waals surface area contributed by atoms with Crippen molar-refractivity contribution < 1.29 is 4.79 Å². The number of benzene rings is 1. The molecule has 94 valence electrons. The van der Waals surface area contributed by atoms with Gasteiger partial charge in [0, 0.05) is 13.1 Å². The van der Waals surface area contributed by atoms with Crippen molar-refractivity contribution >= 4 is 16.8 Å². The zero-order valence-corrected chi connectivity index (χ0v) is 10.5. The van der Waals surface area contributed by atoms with Crippen LogP contribution in [0.2, 0.25) is 0 Å². The molecule has 1 saturated carbocycles. The molecule has 0 unspecified atom stereocenters. The summed E-state index contributed by atoms with van der Waals surface area (Å²) in [6.45, 7) is 0.466. The smallest absolute Gasteiger partial charge is 0.154 e. The van der Waals surface area contributed by atoms with Gasteiger partial charge in [-0.05, 0) is 25.0 Å². The second-order valence-corrected chi connectivity index (χ2v) is 4.95.